The first-order valence-corrected chi connectivity index (χ1v) is 5.13. The van der Waals surface area contributed by atoms with Crippen LogP contribution in [0.4, 0.5) is 0 Å². The van der Waals surface area contributed by atoms with E-state index in [1.807, 2.05) is 0 Å². The maximum Gasteiger partial charge on any atom is 0.0772 e. The van der Waals surface area contributed by atoms with E-state index in [2.05, 4.69) is 24.4 Å². The van der Waals surface area contributed by atoms with Crippen LogP contribution in [0.5, 0.6) is 0 Å². The van der Waals surface area contributed by atoms with Crippen molar-refractivity contribution in [2.24, 2.45) is 0 Å². The van der Waals surface area contributed by atoms with E-state index in [0.717, 1.165) is 25.8 Å². The van der Waals surface area contributed by atoms with Gasteiger partial charge in [0, 0.05) is 0 Å². The Bertz CT molecular complexity index is 255. The van der Waals surface area contributed by atoms with Crippen LogP contribution in [-0.2, 0) is 0 Å². The van der Waals surface area contributed by atoms with Gasteiger partial charge in [-0.25, -0.2) is 0 Å². The molecule has 0 saturated carbocycles. The minimum absolute atomic E-state index is 0.191. The van der Waals surface area contributed by atoms with E-state index in [4.69, 9.17) is 0 Å². The van der Waals surface area contributed by atoms with Gasteiger partial charge in [-0.3, -0.25) is 0 Å². The minimum Gasteiger partial charge on any atom is -0.391 e. The highest BCUT2D eigenvalue weighted by Gasteiger charge is 2.31. The Balaban J connectivity index is 2.17. The maximum absolute atomic E-state index is 9.81. The van der Waals surface area contributed by atoms with Gasteiger partial charge in [-0.05, 0) is 31.4 Å². The van der Waals surface area contributed by atoms with Gasteiger partial charge in [0.1, 0.15) is 0 Å². The highest BCUT2D eigenvalue weighted by molar-refractivity contribution is 5.39. The fraction of sp³-hybridized carbons (Fsp3) is 0.636. The number of aliphatic hydroxyl groups is 1. The number of rotatable bonds is 2. The van der Waals surface area contributed by atoms with Gasteiger partial charge in [0.25, 0.3) is 0 Å². The number of likely N-dealkylation sites (N-methyl/N-ethyl adjacent to an activating group) is 1. The Morgan fingerprint density at radius 1 is 1.62 bits per heavy atom. The summed E-state index contributed by atoms with van der Waals surface area (Å²) in [5.74, 6) is 0. The molecule has 0 heterocycles. The highest BCUT2D eigenvalue weighted by atomic mass is 16.3. The van der Waals surface area contributed by atoms with E-state index in [9.17, 15) is 5.11 Å². The summed E-state index contributed by atoms with van der Waals surface area (Å²) in [5, 5.41) is 13.1. The molecule has 2 rings (SSSR count). The Morgan fingerprint density at radius 2 is 2.46 bits per heavy atom. The van der Waals surface area contributed by atoms with E-state index in [1.165, 1.54) is 11.1 Å². The second kappa shape index (κ2) is 3.64. The van der Waals surface area contributed by atoms with Crippen molar-refractivity contribution in [3.8, 4) is 0 Å². The summed E-state index contributed by atoms with van der Waals surface area (Å²) in [5.41, 5.74) is 2.81. The molecule has 2 unspecified atom stereocenters. The molecule has 2 nitrogen and oxygen atoms in total. The third kappa shape index (κ3) is 1.56. The molecule has 2 aliphatic rings. The van der Waals surface area contributed by atoms with Gasteiger partial charge in [-0.2, -0.15) is 0 Å². The van der Waals surface area contributed by atoms with Gasteiger partial charge in [0.05, 0.1) is 12.1 Å². The molecule has 0 radical (unpaired) electrons. The molecule has 0 amide bonds. The maximum atomic E-state index is 9.81. The first kappa shape index (κ1) is 8.97. The Labute approximate surface area is 79.3 Å². The molecule has 0 aromatic heterocycles. The summed E-state index contributed by atoms with van der Waals surface area (Å²) in [6.45, 7) is 3.00. The summed E-state index contributed by atoms with van der Waals surface area (Å²) in [6, 6.07) is 0.191. The SMILES string of the molecule is CCNC1C2=C(CCC=C2)CC1O. The van der Waals surface area contributed by atoms with Crippen molar-refractivity contribution < 1.29 is 5.11 Å². The van der Waals surface area contributed by atoms with E-state index < -0.39 is 0 Å². The average molecular weight is 179 g/mol. The molecule has 0 aromatic carbocycles. The van der Waals surface area contributed by atoms with Crippen molar-refractivity contribution in [1.82, 2.24) is 5.32 Å². The predicted octanol–water partition coefficient (Wildman–Crippen LogP) is 1.38. The van der Waals surface area contributed by atoms with Crippen LogP contribution in [0.2, 0.25) is 0 Å². The fourth-order valence-corrected chi connectivity index (χ4v) is 2.32. The van der Waals surface area contributed by atoms with Crippen LogP contribution in [0.15, 0.2) is 23.3 Å². The molecule has 0 fully saturated rings. The van der Waals surface area contributed by atoms with Gasteiger partial charge in [0.2, 0.25) is 0 Å². The molecule has 0 spiro atoms. The zero-order valence-corrected chi connectivity index (χ0v) is 8.09. The van der Waals surface area contributed by atoms with Crippen molar-refractivity contribution >= 4 is 0 Å². The molecule has 2 heteroatoms. The smallest absolute Gasteiger partial charge is 0.0772 e. The van der Waals surface area contributed by atoms with Crippen molar-refractivity contribution in [1.29, 1.82) is 0 Å². The van der Waals surface area contributed by atoms with Gasteiger partial charge >= 0.3 is 0 Å². The molecule has 0 aliphatic heterocycles. The number of nitrogens with one attached hydrogen (secondary N) is 1. The third-order valence-electron chi connectivity index (χ3n) is 2.92. The number of hydrogen-bond acceptors (Lipinski definition) is 2. The molecule has 72 valence electrons. The van der Waals surface area contributed by atoms with Crippen LogP contribution in [0, 0.1) is 0 Å². The van der Waals surface area contributed by atoms with Crippen molar-refractivity contribution in [2.45, 2.75) is 38.3 Å². The Hall–Kier alpha value is -0.600. The molecule has 0 bridgehead atoms. The summed E-state index contributed by atoms with van der Waals surface area (Å²) in [4.78, 5) is 0. The average Bonchev–Trinajstić information content (AvgIpc) is 2.44. The lowest BCUT2D eigenvalue weighted by molar-refractivity contribution is 0.155. The van der Waals surface area contributed by atoms with Crippen LogP contribution in [0.25, 0.3) is 0 Å². The summed E-state index contributed by atoms with van der Waals surface area (Å²) in [6.07, 6.45) is 7.35. The minimum atomic E-state index is -0.201. The number of allylic oxidation sites excluding steroid dienone is 1. The van der Waals surface area contributed by atoms with Gasteiger partial charge in [-0.1, -0.05) is 24.6 Å². The lowest BCUT2D eigenvalue weighted by atomic mass is 9.99. The first-order valence-electron chi connectivity index (χ1n) is 5.13. The quantitative estimate of drug-likeness (QED) is 0.671. The largest absolute Gasteiger partial charge is 0.391 e. The van der Waals surface area contributed by atoms with Crippen LogP contribution in [-0.4, -0.2) is 23.8 Å². The zero-order valence-electron chi connectivity index (χ0n) is 8.09. The van der Waals surface area contributed by atoms with Crippen LogP contribution in [0.3, 0.4) is 0 Å². The molecule has 0 saturated heterocycles. The molecule has 2 atom stereocenters. The Kier molecular flexibility index (Phi) is 2.51. The van der Waals surface area contributed by atoms with Crippen LogP contribution >= 0.6 is 0 Å². The normalized spacial score (nSPS) is 32.5. The predicted molar refractivity (Wildman–Crippen MR) is 53.5 cm³/mol. The van der Waals surface area contributed by atoms with Gasteiger partial charge in [-0.15, -0.1) is 0 Å². The first-order chi connectivity index (χ1) is 6.33. The van der Waals surface area contributed by atoms with Gasteiger partial charge in [0.15, 0.2) is 0 Å². The number of hydrogen-bond donors (Lipinski definition) is 2. The number of aliphatic hydroxyl groups excluding tert-OH is 1. The third-order valence-corrected chi connectivity index (χ3v) is 2.92. The second-order valence-corrected chi connectivity index (χ2v) is 3.81. The van der Waals surface area contributed by atoms with E-state index in [0.29, 0.717) is 0 Å². The topological polar surface area (TPSA) is 32.3 Å². The van der Waals surface area contributed by atoms with E-state index >= 15 is 0 Å². The van der Waals surface area contributed by atoms with Crippen LogP contribution < -0.4 is 5.32 Å². The van der Waals surface area contributed by atoms with Crippen molar-refractivity contribution in [3.63, 3.8) is 0 Å². The molecular weight excluding hydrogens is 162 g/mol. The lowest BCUT2D eigenvalue weighted by Crippen LogP contribution is -2.37. The lowest BCUT2D eigenvalue weighted by Gasteiger charge is -2.18. The second-order valence-electron chi connectivity index (χ2n) is 3.81. The molecule has 0 aromatic rings. The summed E-state index contributed by atoms with van der Waals surface area (Å²) < 4.78 is 0. The Morgan fingerprint density at radius 3 is 3.23 bits per heavy atom. The zero-order chi connectivity index (χ0) is 9.26. The van der Waals surface area contributed by atoms with Crippen LogP contribution in [0.1, 0.15) is 26.2 Å². The summed E-state index contributed by atoms with van der Waals surface area (Å²) >= 11 is 0. The molecule has 13 heavy (non-hydrogen) atoms. The van der Waals surface area contributed by atoms with E-state index in [-0.39, 0.29) is 12.1 Å². The monoisotopic (exact) mass is 179 g/mol. The summed E-state index contributed by atoms with van der Waals surface area (Å²) in [7, 11) is 0. The fourth-order valence-electron chi connectivity index (χ4n) is 2.32. The highest BCUT2D eigenvalue weighted by Crippen LogP contribution is 2.33. The van der Waals surface area contributed by atoms with Crippen molar-refractivity contribution in [3.05, 3.63) is 23.3 Å². The van der Waals surface area contributed by atoms with E-state index in [1.54, 1.807) is 0 Å². The van der Waals surface area contributed by atoms with Crippen molar-refractivity contribution in [2.75, 3.05) is 6.54 Å². The van der Waals surface area contributed by atoms with Gasteiger partial charge < -0.3 is 10.4 Å². The standard InChI is InChI=1S/C11H17NO/c1-2-12-11-9-6-4-3-5-8(9)7-10(11)13/h4,6,10-13H,2-3,5,7H2,1H3. The molecule has 2 N–H and O–H groups in total. The molecule has 2 aliphatic carbocycles. The molecular formula is C11H17NO.